The molecule has 0 atom stereocenters. The minimum Gasteiger partial charge on any atom is -0.748 e. The van der Waals surface area contributed by atoms with Crippen molar-refractivity contribution in [2.75, 3.05) is 5.75 Å². The molecule has 0 amide bonds. The Balaban J connectivity index is 0. The van der Waals surface area contributed by atoms with Crippen LogP contribution in [0.1, 0.15) is 26.7 Å². The Labute approximate surface area is 96.3 Å². The van der Waals surface area contributed by atoms with E-state index in [1.165, 1.54) is 0 Å². The minimum absolute atomic E-state index is 0. The summed E-state index contributed by atoms with van der Waals surface area (Å²) in [5, 5.41) is 0. The van der Waals surface area contributed by atoms with Crippen LogP contribution in [0, 0.1) is 0 Å². The van der Waals surface area contributed by atoms with Gasteiger partial charge in [-0.05, 0) is 12.8 Å². The average Bonchev–Trinajstić information content (AvgIpc) is 1.84. The van der Waals surface area contributed by atoms with E-state index >= 15 is 0 Å². The second-order valence-corrected chi connectivity index (χ2v) is 3.73. The van der Waals surface area contributed by atoms with E-state index in [-0.39, 0.29) is 35.3 Å². The molecule has 0 aliphatic rings. The molecule has 0 N–H and O–H groups in total. The molecule has 0 unspecified atom stereocenters. The standard InChI is InChI=1S/C7H14O3S.Na/c1-3-5-7(4-2)6-11(8,9)10;/h5H,3-4,6H2,1-2H3,(H,8,9,10);/q;+1/p-1/b7-5+;. The third kappa shape index (κ3) is 8.74. The summed E-state index contributed by atoms with van der Waals surface area (Å²) in [4.78, 5) is 0. The first-order valence-corrected chi connectivity index (χ1v) is 5.18. The van der Waals surface area contributed by atoms with Gasteiger partial charge < -0.3 is 4.55 Å². The Bertz CT molecular complexity index is 231. The Morgan fingerprint density at radius 1 is 1.42 bits per heavy atom. The summed E-state index contributed by atoms with van der Waals surface area (Å²) < 4.78 is 30.8. The third-order valence-electron chi connectivity index (χ3n) is 1.31. The van der Waals surface area contributed by atoms with Crippen LogP contribution in [0.25, 0.3) is 0 Å². The zero-order valence-electron chi connectivity index (χ0n) is 7.83. The molecular formula is C7H13NaO3S. The van der Waals surface area contributed by atoms with Crippen molar-refractivity contribution >= 4 is 10.1 Å². The molecule has 0 aliphatic heterocycles. The van der Waals surface area contributed by atoms with Crippen LogP contribution < -0.4 is 29.6 Å². The van der Waals surface area contributed by atoms with Crippen molar-refractivity contribution < 1.29 is 42.5 Å². The normalized spacial score (nSPS) is 12.4. The topological polar surface area (TPSA) is 57.2 Å². The third-order valence-corrected chi connectivity index (χ3v) is 2.03. The van der Waals surface area contributed by atoms with Gasteiger partial charge in [0.15, 0.2) is 0 Å². The van der Waals surface area contributed by atoms with Gasteiger partial charge in [-0.3, -0.25) is 0 Å². The summed E-state index contributed by atoms with van der Waals surface area (Å²) in [5.41, 5.74) is 0.711. The summed E-state index contributed by atoms with van der Waals surface area (Å²) >= 11 is 0. The Morgan fingerprint density at radius 2 is 1.92 bits per heavy atom. The van der Waals surface area contributed by atoms with Gasteiger partial charge in [-0.2, -0.15) is 0 Å². The molecule has 0 spiro atoms. The molecule has 0 aromatic heterocycles. The predicted octanol–water partition coefficient (Wildman–Crippen LogP) is -1.72. The second-order valence-electron chi connectivity index (χ2n) is 2.33. The van der Waals surface area contributed by atoms with Crippen LogP contribution in [0.4, 0.5) is 0 Å². The number of hydrogen-bond donors (Lipinski definition) is 0. The van der Waals surface area contributed by atoms with Crippen molar-refractivity contribution in [2.24, 2.45) is 0 Å². The maximum Gasteiger partial charge on any atom is 1.00 e. The van der Waals surface area contributed by atoms with Crippen molar-refractivity contribution in [1.29, 1.82) is 0 Å². The monoisotopic (exact) mass is 200 g/mol. The fourth-order valence-corrected chi connectivity index (χ4v) is 1.60. The summed E-state index contributed by atoms with van der Waals surface area (Å²) in [5.74, 6) is -0.336. The summed E-state index contributed by atoms with van der Waals surface area (Å²) in [6.07, 6.45) is 3.20. The van der Waals surface area contributed by atoms with Crippen LogP contribution in [0.5, 0.6) is 0 Å². The summed E-state index contributed by atoms with van der Waals surface area (Å²) in [7, 11) is -4.08. The van der Waals surface area contributed by atoms with Crippen LogP contribution in [0.15, 0.2) is 11.6 Å². The van der Waals surface area contributed by atoms with Gasteiger partial charge in [0.1, 0.15) is 0 Å². The van der Waals surface area contributed by atoms with E-state index in [4.69, 9.17) is 0 Å². The van der Waals surface area contributed by atoms with Crippen LogP contribution in [0.3, 0.4) is 0 Å². The van der Waals surface area contributed by atoms with Crippen molar-refractivity contribution in [3.8, 4) is 0 Å². The van der Waals surface area contributed by atoms with Gasteiger partial charge in [0.25, 0.3) is 0 Å². The largest absolute Gasteiger partial charge is 1.00 e. The summed E-state index contributed by atoms with van der Waals surface area (Å²) in [6.45, 7) is 3.75. The second kappa shape index (κ2) is 7.09. The molecule has 0 bridgehead atoms. The SMILES string of the molecule is CC/C=C(\CC)CS(=O)(=O)[O-].[Na+]. The van der Waals surface area contributed by atoms with E-state index in [2.05, 4.69) is 0 Å². The van der Waals surface area contributed by atoms with E-state index in [9.17, 15) is 13.0 Å². The van der Waals surface area contributed by atoms with E-state index in [1.54, 1.807) is 6.08 Å². The minimum atomic E-state index is -4.08. The Kier molecular flexibility index (Phi) is 8.95. The molecule has 0 radical (unpaired) electrons. The molecule has 12 heavy (non-hydrogen) atoms. The quantitative estimate of drug-likeness (QED) is 0.308. The van der Waals surface area contributed by atoms with E-state index in [1.807, 2.05) is 13.8 Å². The van der Waals surface area contributed by atoms with Gasteiger partial charge in [0, 0.05) is 0 Å². The smallest absolute Gasteiger partial charge is 0.748 e. The van der Waals surface area contributed by atoms with Gasteiger partial charge >= 0.3 is 29.6 Å². The molecule has 0 aromatic carbocycles. The first-order chi connectivity index (χ1) is 4.99. The maximum absolute atomic E-state index is 10.3. The number of rotatable bonds is 4. The van der Waals surface area contributed by atoms with E-state index < -0.39 is 10.1 Å². The molecule has 5 heteroatoms. The van der Waals surface area contributed by atoms with Crippen molar-refractivity contribution in [2.45, 2.75) is 26.7 Å². The molecule has 0 fully saturated rings. The Hall–Kier alpha value is 0.650. The van der Waals surface area contributed by atoms with Crippen molar-refractivity contribution in [3.05, 3.63) is 11.6 Å². The van der Waals surface area contributed by atoms with Gasteiger partial charge in [-0.25, -0.2) is 8.42 Å². The van der Waals surface area contributed by atoms with E-state index in [0.29, 0.717) is 12.0 Å². The van der Waals surface area contributed by atoms with Crippen LogP contribution in [-0.2, 0) is 10.1 Å². The molecule has 3 nitrogen and oxygen atoms in total. The van der Waals surface area contributed by atoms with Gasteiger partial charge in [0.2, 0.25) is 0 Å². The molecule has 0 aromatic rings. The molecule has 0 rings (SSSR count). The Morgan fingerprint density at radius 3 is 2.17 bits per heavy atom. The molecule has 0 aliphatic carbocycles. The maximum atomic E-state index is 10.3. The number of allylic oxidation sites excluding steroid dienone is 1. The van der Waals surface area contributed by atoms with Gasteiger partial charge in [-0.15, -0.1) is 0 Å². The zero-order valence-corrected chi connectivity index (χ0v) is 10.6. The fraction of sp³-hybridized carbons (Fsp3) is 0.714. The first-order valence-electron chi connectivity index (χ1n) is 3.61. The molecule has 0 saturated carbocycles. The molecule has 0 heterocycles. The van der Waals surface area contributed by atoms with Crippen LogP contribution >= 0.6 is 0 Å². The molecular weight excluding hydrogens is 187 g/mol. The predicted molar refractivity (Wildman–Crippen MR) is 43.2 cm³/mol. The van der Waals surface area contributed by atoms with Gasteiger partial charge in [-0.1, -0.05) is 25.5 Å². The molecule has 0 saturated heterocycles. The fourth-order valence-electron chi connectivity index (χ4n) is 0.821. The van der Waals surface area contributed by atoms with E-state index in [0.717, 1.165) is 6.42 Å². The van der Waals surface area contributed by atoms with Crippen LogP contribution in [0.2, 0.25) is 0 Å². The molecule has 66 valence electrons. The van der Waals surface area contributed by atoms with Gasteiger partial charge in [0.05, 0.1) is 15.9 Å². The summed E-state index contributed by atoms with van der Waals surface area (Å²) in [6, 6.07) is 0. The average molecular weight is 200 g/mol. The first kappa shape index (κ1) is 15.1. The van der Waals surface area contributed by atoms with Crippen molar-refractivity contribution in [1.82, 2.24) is 0 Å². The van der Waals surface area contributed by atoms with Crippen LogP contribution in [-0.4, -0.2) is 18.7 Å². The zero-order chi connectivity index (χ0) is 8.91. The van der Waals surface area contributed by atoms with Crippen molar-refractivity contribution in [3.63, 3.8) is 0 Å². The number of hydrogen-bond acceptors (Lipinski definition) is 3.